The van der Waals surface area contributed by atoms with Gasteiger partial charge in [0.25, 0.3) is 0 Å². The first kappa shape index (κ1) is 8.74. The van der Waals surface area contributed by atoms with Crippen molar-refractivity contribution in [2.24, 2.45) is 0 Å². The van der Waals surface area contributed by atoms with Gasteiger partial charge in [-0.1, -0.05) is 0 Å². The molecule has 0 spiro atoms. The molecular formula is C10H11N3O. The van der Waals surface area contributed by atoms with E-state index in [0.29, 0.717) is 5.89 Å². The number of hydrogen-bond donors (Lipinski definition) is 1. The molecule has 14 heavy (non-hydrogen) atoms. The summed E-state index contributed by atoms with van der Waals surface area (Å²) in [5, 5.41) is 10.6. The van der Waals surface area contributed by atoms with Crippen LogP contribution in [0.5, 0.6) is 0 Å². The molecule has 1 aromatic heterocycles. The third kappa shape index (κ3) is 1.46. The third-order valence-electron chi connectivity index (χ3n) is 2.10. The summed E-state index contributed by atoms with van der Waals surface area (Å²) in [6.45, 7) is 2.03. The van der Waals surface area contributed by atoms with E-state index < -0.39 is 0 Å². The number of nitrogens with zero attached hydrogens (tertiary/aromatic N) is 2. The van der Waals surface area contributed by atoms with Crippen molar-refractivity contribution < 1.29 is 4.42 Å². The summed E-state index contributed by atoms with van der Waals surface area (Å²) in [4.78, 5) is 0. The molecule has 2 rings (SSSR count). The van der Waals surface area contributed by atoms with Crippen molar-refractivity contribution in [3.8, 4) is 11.5 Å². The Hall–Kier alpha value is -1.84. The van der Waals surface area contributed by atoms with Gasteiger partial charge in [0.1, 0.15) is 0 Å². The van der Waals surface area contributed by atoms with Crippen LogP contribution in [-0.4, -0.2) is 17.2 Å². The Kier molecular flexibility index (Phi) is 2.18. The summed E-state index contributed by atoms with van der Waals surface area (Å²) in [5.74, 6) is 0.552. The number of rotatable bonds is 2. The average Bonchev–Trinajstić information content (AvgIpc) is 2.70. The summed E-state index contributed by atoms with van der Waals surface area (Å²) in [5.41, 5.74) is 3.20. The van der Waals surface area contributed by atoms with E-state index in [1.165, 1.54) is 6.39 Å². The lowest BCUT2D eigenvalue weighted by molar-refractivity contribution is 0.568. The van der Waals surface area contributed by atoms with E-state index in [1.807, 2.05) is 32.2 Å². The van der Waals surface area contributed by atoms with Gasteiger partial charge in [0.05, 0.1) is 0 Å². The smallest absolute Gasteiger partial charge is 0.247 e. The van der Waals surface area contributed by atoms with Gasteiger partial charge in [0.2, 0.25) is 12.3 Å². The van der Waals surface area contributed by atoms with Crippen LogP contribution in [0.3, 0.4) is 0 Å². The largest absolute Gasteiger partial charge is 0.423 e. The predicted molar refractivity (Wildman–Crippen MR) is 54.0 cm³/mol. The van der Waals surface area contributed by atoms with Crippen molar-refractivity contribution in [1.82, 2.24) is 10.2 Å². The molecule has 0 saturated carbocycles. The first-order valence-corrected chi connectivity index (χ1v) is 4.36. The van der Waals surface area contributed by atoms with E-state index in [9.17, 15) is 0 Å². The number of anilines is 1. The number of hydrogen-bond acceptors (Lipinski definition) is 4. The Labute approximate surface area is 82.0 Å². The highest BCUT2D eigenvalue weighted by Crippen LogP contribution is 2.22. The zero-order valence-corrected chi connectivity index (χ0v) is 8.11. The van der Waals surface area contributed by atoms with Gasteiger partial charge in [-0.25, -0.2) is 0 Å². The lowest BCUT2D eigenvalue weighted by atomic mass is 10.1. The second-order valence-corrected chi connectivity index (χ2v) is 3.02. The van der Waals surface area contributed by atoms with Gasteiger partial charge in [-0.2, -0.15) is 0 Å². The van der Waals surface area contributed by atoms with Crippen molar-refractivity contribution in [2.75, 3.05) is 12.4 Å². The maximum atomic E-state index is 5.11. The molecule has 0 saturated heterocycles. The summed E-state index contributed by atoms with van der Waals surface area (Å²) in [7, 11) is 1.90. The molecule has 72 valence electrons. The van der Waals surface area contributed by atoms with E-state index in [0.717, 1.165) is 16.8 Å². The predicted octanol–water partition coefficient (Wildman–Crippen LogP) is 2.09. The molecule has 4 nitrogen and oxygen atoms in total. The average molecular weight is 189 g/mol. The zero-order chi connectivity index (χ0) is 9.97. The minimum atomic E-state index is 0.552. The van der Waals surface area contributed by atoms with Crippen LogP contribution in [0.15, 0.2) is 29.0 Å². The molecule has 0 aliphatic rings. The van der Waals surface area contributed by atoms with Crippen LogP contribution in [0, 0.1) is 6.92 Å². The van der Waals surface area contributed by atoms with E-state index >= 15 is 0 Å². The molecular weight excluding hydrogens is 178 g/mol. The molecule has 4 heteroatoms. The zero-order valence-electron chi connectivity index (χ0n) is 8.11. The highest BCUT2D eigenvalue weighted by molar-refractivity contribution is 5.62. The first-order chi connectivity index (χ1) is 6.81. The Morgan fingerprint density at radius 1 is 1.36 bits per heavy atom. The molecule has 1 heterocycles. The molecule has 0 aliphatic heterocycles. The molecule has 2 aromatic rings. The lowest BCUT2D eigenvalue weighted by Gasteiger charge is -2.05. The summed E-state index contributed by atoms with van der Waals surface area (Å²) < 4.78 is 5.11. The van der Waals surface area contributed by atoms with Crippen molar-refractivity contribution in [3.63, 3.8) is 0 Å². The SMILES string of the molecule is CNc1ccc(-c2nnco2)cc1C. The topological polar surface area (TPSA) is 51.0 Å². The Morgan fingerprint density at radius 2 is 2.21 bits per heavy atom. The molecule has 1 N–H and O–H groups in total. The fourth-order valence-corrected chi connectivity index (χ4v) is 1.38. The van der Waals surface area contributed by atoms with Crippen LogP contribution in [0.2, 0.25) is 0 Å². The van der Waals surface area contributed by atoms with Gasteiger partial charge in [-0.3, -0.25) is 0 Å². The van der Waals surface area contributed by atoms with Gasteiger partial charge in [-0.05, 0) is 30.7 Å². The van der Waals surface area contributed by atoms with Crippen LogP contribution >= 0.6 is 0 Å². The van der Waals surface area contributed by atoms with Crippen LogP contribution in [0.1, 0.15) is 5.56 Å². The molecule has 0 unspecified atom stereocenters. The van der Waals surface area contributed by atoms with Crippen LogP contribution in [0.25, 0.3) is 11.5 Å². The van der Waals surface area contributed by atoms with E-state index in [-0.39, 0.29) is 0 Å². The second kappa shape index (κ2) is 3.49. The van der Waals surface area contributed by atoms with Gasteiger partial charge < -0.3 is 9.73 Å². The first-order valence-electron chi connectivity index (χ1n) is 4.36. The van der Waals surface area contributed by atoms with Crippen molar-refractivity contribution in [3.05, 3.63) is 30.2 Å². The van der Waals surface area contributed by atoms with Gasteiger partial charge >= 0.3 is 0 Å². The summed E-state index contributed by atoms with van der Waals surface area (Å²) in [6, 6.07) is 5.96. The maximum absolute atomic E-state index is 5.11. The fourth-order valence-electron chi connectivity index (χ4n) is 1.38. The van der Waals surface area contributed by atoms with E-state index in [1.54, 1.807) is 0 Å². The molecule has 0 amide bonds. The van der Waals surface area contributed by atoms with Crippen molar-refractivity contribution in [2.45, 2.75) is 6.92 Å². The highest BCUT2D eigenvalue weighted by Gasteiger charge is 2.04. The quantitative estimate of drug-likeness (QED) is 0.785. The fraction of sp³-hybridized carbons (Fsp3) is 0.200. The van der Waals surface area contributed by atoms with Crippen LogP contribution < -0.4 is 5.32 Å². The monoisotopic (exact) mass is 189 g/mol. The van der Waals surface area contributed by atoms with Gasteiger partial charge in [-0.15, -0.1) is 10.2 Å². The highest BCUT2D eigenvalue weighted by atomic mass is 16.4. The summed E-state index contributed by atoms with van der Waals surface area (Å²) >= 11 is 0. The third-order valence-corrected chi connectivity index (χ3v) is 2.10. The van der Waals surface area contributed by atoms with Crippen molar-refractivity contribution >= 4 is 5.69 Å². The summed E-state index contributed by atoms with van der Waals surface area (Å²) in [6.07, 6.45) is 1.33. The minimum absolute atomic E-state index is 0.552. The normalized spacial score (nSPS) is 10.1. The molecule has 0 atom stereocenters. The maximum Gasteiger partial charge on any atom is 0.247 e. The minimum Gasteiger partial charge on any atom is -0.423 e. The lowest BCUT2D eigenvalue weighted by Crippen LogP contribution is -1.91. The second-order valence-electron chi connectivity index (χ2n) is 3.02. The standard InChI is InChI=1S/C10H11N3O/c1-7-5-8(3-4-9(7)11-2)10-13-12-6-14-10/h3-6,11H,1-2H3. The molecule has 0 radical (unpaired) electrons. The number of aryl methyl sites for hydroxylation is 1. The van der Waals surface area contributed by atoms with Crippen LogP contribution in [0.4, 0.5) is 5.69 Å². The van der Waals surface area contributed by atoms with Gasteiger partial charge in [0.15, 0.2) is 0 Å². The van der Waals surface area contributed by atoms with E-state index in [4.69, 9.17) is 4.42 Å². The molecule has 1 aromatic carbocycles. The Bertz CT molecular complexity index is 423. The van der Waals surface area contributed by atoms with E-state index in [2.05, 4.69) is 15.5 Å². The van der Waals surface area contributed by atoms with Crippen molar-refractivity contribution in [1.29, 1.82) is 0 Å². The molecule has 0 aliphatic carbocycles. The number of nitrogens with one attached hydrogen (secondary N) is 1. The number of aromatic nitrogens is 2. The molecule has 0 fully saturated rings. The number of benzene rings is 1. The Morgan fingerprint density at radius 3 is 2.79 bits per heavy atom. The van der Waals surface area contributed by atoms with Crippen LogP contribution in [-0.2, 0) is 0 Å². The van der Waals surface area contributed by atoms with Gasteiger partial charge in [0, 0.05) is 18.3 Å². The Balaban J connectivity index is 2.43. The molecule has 0 bridgehead atoms.